The standard InChI is InChI=1S/C34H37NO6/c1-37-27-18-16-26(17-19-27)30(28-20-21-29(38-2)33(40-4)32(28)39-3)31(34(36)41-5)35(22-24-12-8-6-9-13-24)23-25-14-10-7-11-15-25/h6-21,30-31H,22-23H2,1-5H3/t30-,31+/m1/s1. The lowest BCUT2D eigenvalue weighted by atomic mass is 9.82. The fraction of sp³-hybridized carbons (Fsp3) is 0.265. The van der Waals surface area contributed by atoms with E-state index < -0.39 is 12.0 Å². The SMILES string of the molecule is COC(=O)[C@H]([C@H](c1ccc(OC)cc1)c1ccc(OC)c(OC)c1OC)N(Cc1ccccc1)Cc1ccccc1. The van der Waals surface area contributed by atoms with E-state index in [2.05, 4.69) is 29.2 Å². The average molecular weight is 556 g/mol. The highest BCUT2D eigenvalue weighted by Crippen LogP contribution is 2.46. The van der Waals surface area contributed by atoms with E-state index in [1.54, 1.807) is 28.4 Å². The number of carbonyl (C=O) groups is 1. The van der Waals surface area contributed by atoms with Gasteiger partial charge < -0.3 is 23.7 Å². The van der Waals surface area contributed by atoms with Crippen molar-refractivity contribution in [1.82, 2.24) is 4.90 Å². The summed E-state index contributed by atoms with van der Waals surface area (Å²) in [5.74, 6) is 1.31. The zero-order chi connectivity index (χ0) is 29.2. The summed E-state index contributed by atoms with van der Waals surface area (Å²) in [4.78, 5) is 16.1. The Morgan fingerprint density at radius 3 is 1.66 bits per heavy atom. The molecule has 0 aliphatic rings. The molecule has 4 rings (SSSR count). The van der Waals surface area contributed by atoms with Crippen molar-refractivity contribution in [3.63, 3.8) is 0 Å². The maximum absolute atomic E-state index is 13.9. The third kappa shape index (κ3) is 6.81. The van der Waals surface area contributed by atoms with Crippen LogP contribution >= 0.6 is 0 Å². The Labute approximate surface area is 242 Å². The minimum atomic E-state index is -0.735. The van der Waals surface area contributed by atoms with Crippen LogP contribution in [0.15, 0.2) is 97.1 Å². The minimum Gasteiger partial charge on any atom is -0.497 e. The number of esters is 1. The molecule has 0 aliphatic carbocycles. The van der Waals surface area contributed by atoms with Gasteiger partial charge in [0.05, 0.1) is 35.5 Å². The lowest BCUT2D eigenvalue weighted by Gasteiger charge is -2.36. The molecule has 2 atom stereocenters. The number of hydrogen-bond donors (Lipinski definition) is 0. The molecule has 0 bridgehead atoms. The van der Waals surface area contributed by atoms with Gasteiger partial charge in [0, 0.05) is 24.6 Å². The molecule has 4 aromatic carbocycles. The first-order chi connectivity index (χ1) is 20.0. The first-order valence-corrected chi connectivity index (χ1v) is 13.4. The quantitative estimate of drug-likeness (QED) is 0.185. The molecule has 41 heavy (non-hydrogen) atoms. The second kappa shape index (κ2) is 14.2. The first-order valence-electron chi connectivity index (χ1n) is 13.4. The maximum atomic E-state index is 13.9. The van der Waals surface area contributed by atoms with Crippen molar-refractivity contribution in [2.45, 2.75) is 25.0 Å². The van der Waals surface area contributed by atoms with Gasteiger partial charge in [-0.25, -0.2) is 0 Å². The second-order valence-electron chi connectivity index (χ2n) is 9.52. The van der Waals surface area contributed by atoms with Gasteiger partial charge in [-0.2, -0.15) is 0 Å². The Balaban J connectivity index is 1.96. The van der Waals surface area contributed by atoms with Gasteiger partial charge in [-0.3, -0.25) is 9.69 Å². The van der Waals surface area contributed by atoms with Crippen molar-refractivity contribution in [3.05, 3.63) is 119 Å². The number of carbonyl (C=O) groups excluding carboxylic acids is 1. The molecule has 4 aromatic rings. The predicted molar refractivity (Wildman–Crippen MR) is 159 cm³/mol. The maximum Gasteiger partial charge on any atom is 0.324 e. The molecule has 0 saturated carbocycles. The first kappa shape index (κ1) is 29.5. The lowest BCUT2D eigenvalue weighted by molar-refractivity contribution is -0.148. The summed E-state index contributed by atoms with van der Waals surface area (Å²) >= 11 is 0. The van der Waals surface area contributed by atoms with Crippen molar-refractivity contribution in [3.8, 4) is 23.0 Å². The molecule has 0 amide bonds. The third-order valence-electron chi connectivity index (χ3n) is 7.15. The van der Waals surface area contributed by atoms with E-state index in [1.165, 1.54) is 7.11 Å². The van der Waals surface area contributed by atoms with Crippen molar-refractivity contribution in [1.29, 1.82) is 0 Å². The molecule has 0 saturated heterocycles. The highest BCUT2D eigenvalue weighted by molar-refractivity contribution is 5.79. The van der Waals surface area contributed by atoms with Gasteiger partial charge in [0.1, 0.15) is 11.8 Å². The lowest BCUT2D eigenvalue weighted by Crippen LogP contribution is -2.45. The number of rotatable bonds is 13. The number of hydrogen-bond acceptors (Lipinski definition) is 7. The largest absolute Gasteiger partial charge is 0.497 e. The van der Waals surface area contributed by atoms with Gasteiger partial charge in [0.15, 0.2) is 11.5 Å². The van der Waals surface area contributed by atoms with Gasteiger partial charge in [-0.15, -0.1) is 0 Å². The Kier molecular flexibility index (Phi) is 10.2. The van der Waals surface area contributed by atoms with Gasteiger partial charge >= 0.3 is 5.97 Å². The second-order valence-corrected chi connectivity index (χ2v) is 9.52. The van der Waals surface area contributed by atoms with Crippen molar-refractivity contribution < 1.29 is 28.5 Å². The fourth-order valence-electron chi connectivity index (χ4n) is 5.22. The van der Waals surface area contributed by atoms with Crippen LogP contribution in [0.25, 0.3) is 0 Å². The molecular formula is C34H37NO6. The molecule has 0 aromatic heterocycles. The molecule has 0 heterocycles. The molecule has 214 valence electrons. The van der Waals surface area contributed by atoms with E-state index in [9.17, 15) is 4.79 Å². The minimum absolute atomic E-state index is 0.366. The molecule has 7 heteroatoms. The van der Waals surface area contributed by atoms with Crippen LogP contribution in [0.2, 0.25) is 0 Å². The number of ether oxygens (including phenoxy) is 5. The normalized spacial score (nSPS) is 12.3. The topological polar surface area (TPSA) is 66.5 Å². The van der Waals surface area contributed by atoms with Gasteiger partial charge in [0.25, 0.3) is 0 Å². The van der Waals surface area contributed by atoms with Crippen LogP contribution in [0, 0.1) is 0 Å². The molecule has 0 N–H and O–H groups in total. The van der Waals surface area contributed by atoms with Crippen LogP contribution in [0.5, 0.6) is 23.0 Å². The molecule has 0 aliphatic heterocycles. The van der Waals surface area contributed by atoms with Crippen molar-refractivity contribution in [2.24, 2.45) is 0 Å². The van der Waals surface area contributed by atoms with Gasteiger partial charge in [0.2, 0.25) is 5.75 Å². The van der Waals surface area contributed by atoms with E-state index in [-0.39, 0.29) is 5.97 Å². The molecular weight excluding hydrogens is 518 g/mol. The van der Waals surface area contributed by atoms with E-state index in [0.717, 1.165) is 22.3 Å². The average Bonchev–Trinajstić information content (AvgIpc) is 3.03. The monoisotopic (exact) mass is 555 g/mol. The number of nitrogens with zero attached hydrogens (tertiary/aromatic N) is 1. The van der Waals surface area contributed by atoms with Gasteiger partial charge in [-0.05, 0) is 34.9 Å². The Bertz CT molecular complexity index is 1350. The Hall–Kier alpha value is -4.49. The van der Waals surface area contributed by atoms with E-state index >= 15 is 0 Å². The van der Waals surface area contributed by atoms with Crippen LogP contribution < -0.4 is 18.9 Å². The predicted octanol–water partition coefficient (Wildman–Crippen LogP) is 6.10. The van der Waals surface area contributed by atoms with Gasteiger partial charge in [-0.1, -0.05) is 78.9 Å². The van der Waals surface area contributed by atoms with Crippen molar-refractivity contribution >= 4 is 5.97 Å². The Morgan fingerprint density at radius 1 is 0.634 bits per heavy atom. The van der Waals surface area contributed by atoms with Crippen LogP contribution in [0.1, 0.15) is 28.2 Å². The molecule has 0 unspecified atom stereocenters. The van der Waals surface area contributed by atoms with Crippen LogP contribution in [0.4, 0.5) is 0 Å². The molecule has 0 spiro atoms. The number of benzene rings is 4. The molecule has 7 nitrogen and oxygen atoms in total. The summed E-state index contributed by atoms with van der Waals surface area (Å²) < 4.78 is 28.2. The summed E-state index contributed by atoms with van der Waals surface area (Å²) in [5, 5.41) is 0. The van der Waals surface area contributed by atoms with Crippen LogP contribution in [0.3, 0.4) is 0 Å². The zero-order valence-corrected chi connectivity index (χ0v) is 24.2. The summed E-state index contributed by atoms with van der Waals surface area (Å²) in [6.07, 6.45) is 0. The highest BCUT2D eigenvalue weighted by atomic mass is 16.5. The van der Waals surface area contributed by atoms with Crippen molar-refractivity contribution in [2.75, 3.05) is 35.5 Å². The summed E-state index contributed by atoms with van der Waals surface area (Å²) in [6.45, 7) is 1.02. The van der Waals surface area contributed by atoms with E-state index in [4.69, 9.17) is 23.7 Å². The van der Waals surface area contributed by atoms with E-state index in [0.29, 0.717) is 36.1 Å². The smallest absolute Gasteiger partial charge is 0.324 e. The number of methoxy groups -OCH3 is 5. The summed E-state index contributed by atoms with van der Waals surface area (Å²) in [7, 11) is 7.79. The zero-order valence-electron chi connectivity index (χ0n) is 24.2. The molecule has 0 radical (unpaired) electrons. The summed E-state index contributed by atoms with van der Waals surface area (Å²) in [5.41, 5.74) is 3.80. The van der Waals surface area contributed by atoms with Crippen LogP contribution in [-0.4, -0.2) is 52.5 Å². The van der Waals surface area contributed by atoms with E-state index in [1.807, 2.05) is 72.8 Å². The van der Waals surface area contributed by atoms with Crippen LogP contribution in [-0.2, 0) is 22.6 Å². The third-order valence-corrected chi connectivity index (χ3v) is 7.15. The highest BCUT2D eigenvalue weighted by Gasteiger charge is 2.39. The Morgan fingerprint density at radius 2 is 1.20 bits per heavy atom. The summed E-state index contributed by atoms with van der Waals surface area (Å²) in [6, 6.07) is 31.0. The molecule has 0 fully saturated rings. The fourth-order valence-corrected chi connectivity index (χ4v) is 5.22.